The quantitative estimate of drug-likeness (QED) is 0.422. The van der Waals surface area contributed by atoms with E-state index in [0.29, 0.717) is 0 Å². The van der Waals surface area contributed by atoms with Gasteiger partial charge < -0.3 is 0 Å². The van der Waals surface area contributed by atoms with Crippen molar-refractivity contribution in [3.63, 3.8) is 0 Å². The molecule has 0 unspecified atom stereocenters. The Balaban J connectivity index is 4.84. The summed E-state index contributed by atoms with van der Waals surface area (Å²) < 4.78 is 10.9. The van der Waals surface area contributed by atoms with E-state index in [4.69, 9.17) is 26.3 Å². The summed E-state index contributed by atoms with van der Waals surface area (Å²) in [7, 11) is 0. The van der Waals surface area contributed by atoms with Gasteiger partial charge in [0.15, 0.2) is 0 Å². The number of nitrogens with zero attached hydrogens (tertiary/aromatic N) is 4. The Labute approximate surface area is 56.9 Å². The van der Waals surface area contributed by atoms with Gasteiger partial charge in [-0.15, -0.1) is 0 Å². The fourth-order valence-corrected chi connectivity index (χ4v) is 0.592. The van der Waals surface area contributed by atoms with Crippen molar-refractivity contribution in [2.45, 2.75) is 0 Å². The van der Waals surface area contributed by atoms with Crippen molar-refractivity contribution in [2.24, 2.45) is 0 Å². The third-order valence-corrected chi connectivity index (χ3v) is 2.37. The SMILES string of the molecule is [C-]#[N+][Rh-3]([N+]#[C-])([N+]#[C-])[N+]#[C-]. The third-order valence-electron chi connectivity index (χ3n) is 0.400. The van der Waals surface area contributed by atoms with E-state index in [0.717, 1.165) is 0 Å². The van der Waals surface area contributed by atoms with Crippen molar-refractivity contribution >= 4 is 0 Å². The van der Waals surface area contributed by atoms with Gasteiger partial charge in [0.1, 0.15) is 0 Å². The summed E-state index contributed by atoms with van der Waals surface area (Å²) in [6.07, 6.45) is 0. The summed E-state index contributed by atoms with van der Waals surface area (Å²) in [5, 5.41) is 0. The van der Waals surface area contributed by atoms with Crippen molar-refractivity contribution < 1.29 is 15.7 Å². The van der Waals surface area contributed by atoms with Crippen LogP contribution in [0.1, 0.15) is 0 Å². The molecule has 0 rings (SSSR count). The standard InChI is InChI=1S/4CN.Rh/c4*1-2;/q4*-1;+1. The van der Waals surface area contributed by atoms with Crippen LogP contribution in [0, 0.1) is 26.3 Å². The van der Waals surface area contributed by atoms with Crippen LogP contribution in [-0.4, -0.2) is 0 Å². The number of hydrogen-bond donors (Lipinski definition) is 0. The molecule has 0 aliphatic heterocycles. The fourth-order valence-electron chi connectivity index (χ4n) is 0.100. The van der Waals surface area contributed by atoms with Crippen LogP contribution < -0.4 is 0 Å². The Morgan fingerprint density at radius 1 is 0.667 bits per heavy atom. The first-order valence-corrected chi connectivity index (χ1v) is 4.42. The van der Waals surface area contributed by atoms with Crippen LogP contribution in [0.25, 0.3) is 14.4 Å². The first-order valence-electron chi connectivity index (χ1n) is 1.49. The first kappa shape index (κ1) is 7.58. The van der Waals surface area contributed by atoms with Crippen LogP contribution in [0.15, 0.2) is 0 Å². The maximum absolute atomic E-state index is 6.36. The normalized spacial score (nSPS) is 9.33. The summed E-state index contributed by atoms with van der Waals surface area (Å²) in [6.45, 7) is 25.5. The molecule has 4 nitrogen and oxygen atoms in total. The van der Waals surface area contributed by atoms with Crippen LogP contribution in [0.3, 0.4) is 0 Å². The van der Waals surface area contributed by atoms with Gasteiger partial charge in [-0.1, -0.05) is 0 Å². The van der Waals surface area contributed by atoms with E-state index in [1.54, 1.807) is 0 Å². The van der Waals surface area contributed by atoms with Crippen molar-refractivity contribution in [3.8, 4) is 0 Å². The van der Waals surface area contributed by atoms with Crippen molar-refractivity contribution in [1.29, 1.82) is 0 Å². The van der Waals surface area contributed by atoms with E-state index in [-0.39, 0.29) is 0 Å². The van der Waals surface area contributed by atoms with Gasteiger partial charge in [-0.2, -0.15) is 0 Å². The third kappa shape index (κ3) is 1.23. The van der Waals surface area contributed by atoms with Crippen LogP contribution in [0.5, 0.6) is 0 Å². The maximum atomic E-state index is 6.36. The summed E-state index contributed by atoms with van der Waals surface area (Å²) in [4.78, 5) is 0. The summed E-state index contributed by atoms with van der Waals surface area (Å²) in [5.74, 6) is 0. The van der Waals surface area contributed by atoms with Gasteiger partial charge in [0.05, 0.1) is 0 Å². The molecule has 0 aliphatic rings. The van der Waals surface area contributed by atoms with E-state index in [9.17, 15) is 0 Å². The van der Waals surface area contributed by atoms with Crippen LogP contribution >= 0.6 is 0 Å². The Morgan fingerprint density at radius 3 is 0.889 bits per heavy atom. The molecule has 0 radical (unpaired) electrons. The molecule has 48 valence electrons. The van der Waals surface area contributed by atoms with Crippen molar-refractivity contribution in [2.75, 3.05) is 0 Å². The molecule has 0 heterocycles. The van der Waals surface area contributed by atoms with Gasteiger partial charge in [-0.25, -0.2) is 0 Å². The van der Waals surface area contributed by atoms with E-state index >= 15 is 0 Å². The zero-order chi connectivity index (χ0) is 7.33. The minimum absolute atomic E-state index is 2.72. The van der Waals surface area contributed by atoms with Gasteiger partial charge in [-0.3, -0.25) is 0 Å². The fraction of sp³-hybridized carbons (Fsp3) is 0. The van der Waals surface area contributed by atoms with E-state index < -0.39 is 15.7 Å². The molecule has 0 bridgehead atoms. The van der Waals surface area contributed by atoms with Gasteiger partial charge in [-0.05, 0) is 0 Å². The average molecular weight is 207 g/mol. The number of hydrogen-bond acceptors (Lipinski definition) is 0. The second kappa shape index (κ2) is 2.79. The van der Waals surface area contributed by atoms with Crippen molar-refractivity contribution in [1.82, 2.24) is 0 Å². The monoisotopic (exact) mass is 207 g/mol. The second-order valence-corrected chi connectivity index (χ2v) is 4.13. The molecular formula is C4N4Rh-3. The molecule has 0 aromatic heterocycles. The van der Waals surface area contributed by atoms with Crippen LogP contribution in [0.2, 0.25) is 0 Å². The molecule has 0 saturated carbocycles. The van der Waals surface area contributed by atoms with E-state index in [1.165, 1.54) is 0 Å². The zero-order valence-electron chi connectivity index (χ0n) is 4.12. The molecule has 0 spiro atoms. The first-order chi connectivity index (χ1) is 4.24. The average Bonchev–Trinajstić information content (AvgIpc) is 1.95. The van der Waals surface area contributed by atoms with Crippen LogP contribution in [-0.2, 0) is 15.7 Å². The van der Waals surface area contributed by atoms with Crippen LogP contribution in [0.4, 0.5) is 0 Å². The predicted octanol–water partition coefficient (Wildman–Crippen LogP) is 1.48. The molecule has 0 amide bonds. The Bertz CT molecular complexity index is 205. The zero-order valence-corrected chi connectivity index (χ0v) is 5.76. The topological polar surface area (TPSA) is 17.4 Å². The molecular weight excluding hydrogens is 207 g/mol. The summed E-state index contributed by atoms with van der Waals surface area (Å²) in [5.41, 5.74) is 0. The second-order valence-electron chi connectivity index (χ2n) is 0.698. The van der Waals surface area contributed by atoms with Gasteiger partial charge in [0.2, 0.25) is 0 Å². The summed E-state index contributed by atoms with van der Waals surface area (Å²) in [6, 6.07) is 0. The number of rotatable bonds is 0. The summed E-state index contributed by atoms with van der Waals surface area (Å²) >= 11 is -3.73. The van der Waals surface area contributed by atoms with Gasteiger partial charge in [0, 0.05) is 0 Å². The molecule has 0 N–H and O–H groups in total. The molecule has 0 saturated heterocycles. The molecule has 9 heavy (non-hydrogen) atoms. The van der Waals surface area contributed by atoms with Gasteiger partial charge >= 0.3 is 56.4 Å². The molecule has 0 aromatic carbocycles. The molecule has 0 aliphatic carbocycles. The Morgan fingerprint density at radius 2 is 0.889 bits per heavy atom. The van der Waals surface area contributed by atoms with E-state index in [2.05, 4.69) is 14.4 Å². The molecule has 0 aromatic rings. The Kier molecular flexibility index (Phi) is 2.35. The predicted molar refractivity (Wildman–Crippen MR) is 26.4 cm³/mol. The van der Waals surface area contributed by atoms with E-state index in [1.807, 2.05) is 0 Å². The molecule has 5 heteroatoms. The molecule has 0 atom stereocenters. The Hall–Kier alpha value is -1.42. The van der Waals surface area contributed by atoms with Crippen molar-refractivity contribution in [3.05, 3.63) is 40.6 Å². The van der Waals surface area contributed by atoms with Gasteiger partial charge in [0.25, 0.3) is 0 Å². The minimum atomic E-state index is -3.73. The molecule has 0 fully saturated rings.